The van der Waals surface area contributed by atoms with Crippen molar-refractivity contribution in [1.29, 1.82) is 0 Å². The largest absolute Gasteiger partial charge is 0.344 e. The van der Waals surface area contributed by atoms with Crippen LogP contribution in [0.3, 0.4) is 0 Å². The number of rotatable bonds is 4. The lowest BCUT2D eigenvalue weighted by atomic mass is 10.1. The fourth-order valence-electron chi connectivity index (χ4n) is 1.63. The van der Waals surface area contributed by atoms with Gasteiger partial charge in [0.1, 0.15) is 5.69 Å². The second-order valence-corrected chi connectivity index (χ2v) is 4.06. The van der Waals surface area contributed by atoms with Crippen molar-refractivity contribution in [1.82, 2.24) is 15.3 Å². The number of hydrogen-bond acceptors (Lipinski definition) is 5. The number of nitrogens with one attached hydrogen (secondary N) is 2. The Bertz CT molecular complexity index is 558. The normalized spacial score (nSPS) is 11.7. The predicted octanol–water partition coefficient (Wildman–Crippen LogP) is 1.25. The molecule has 2 aromatic heterocycles. The Kier molecular flexibility index (Phi) is 4.04. The molecule has 6 heteroatoms. The highest BCUT2D eigenvalue weighted by Gasteiger charge is 2.12. The van der Waals surface area contributed by atoms with Crippen molar-refractivity contribution in [2.24, 2.45) is 5.84 Å². The van der Waals surface area contributed by atoms with E-state index < -0.39 is 0 Å². The molecule has 0 bridgehead atoms. The summed E-state index contributed by atoms with van der Waals surface area (Å²) in [6.45, 7) is 1.89. The van der Waals surface area contributed by atoms with Crippen molar-refractivity contribution < 1.29 is 4.79 Å². The first-order valence-corrected chi connectivity index (χ1v) is 5.84. The number of hydrazine groups is 1. The smallest absolute Gasteiger partial charge is 0.270 e. The molecule has 0 spiro atoms. The molecule has 0 radical (unpaired) electrons. The Morgan fingerprint density at radius 1 is 1.37 bits per heavy atom. The van der Waals surface area contributed by atoms with Gasteiger partial charge in [0.15, 0.2) is 0 Å². The molecule has 1 amide bonds. The van der Waals surface area contributed by atoms with Gasteiger partial charge in [0, 0.05) is 18.6 Å². The van der Waals surface area contributed by atoms with Crippen LogP contribution >= 0.6 is 0 Å². The van der Waals surface area contributed by atoms with E-state index in [0.29, 0.717) is 11.4 Å². The molecule has 0 aliphatic carbocycles. The molecule has 19 heavy (non-hydrogen) atoms. The van der Waals surface area contributed by atoms with Crippen LogP contribution in [0.25, 0.3) is 0 Å². The second kappa shape index (κ2) is 5.92. The highest BCUT2D eigenvalue weighted by Crippen LogP contribution is 2.12. The molecule has 1 atom stereocenters. The third-order valence-electron chi connectivity index (χ3n) is 2.69. The van der Waals surface area contributed by atoms with Crippen LogP contribution in [0.2, 0.25) is 0 Å². The van der Waals surface area contributed by atoms with E-state index in [1.165, 1.54) is 6.20 Å². The quantitative estimate of drug-likeness (QED) is 0.566. The number of anilines is 1. The number of aromatic nitrogens is 2. The molecule has 2 aromatic rings. The third kappa shape index (κ3) is 3.26. The van der Waals surface area contributed by atoms with Crippen LogP contribution in [-0.4, -0.2) is 15.9 Å². The van der Waals surface area contributed by atoms with Gasteiger partial charge in [0.2, 0.25) is 0 Å². The maximum absolute atomic E-state index is 12.0. The minimum absolute atomic E-state index is 0.141. The Morgan fingerprint density at radius 3 is 2.89 bits per heavy atom. The SMILES string of the molecule is CC(NC(=O)c1cc(NN)ccn1)c1cccnc1. The zero-order chi connectivity index (χ0) is 13.7. The van der Waals surface area contributed by atoms with Gasteiger partial charge in [-0.3, -0.25) is 20.6 Å². The molecule has 1 unspecified atom stereocenters. The van der Waals surface area contributed by atoms with Crippen molar-refractivity contribution in [3.63, 3.8) is 0 Å². The number of carbonyl (C=O) groups is 1. The van der Waals surface area contributed by atoms with Crippen molar-refractivity contribution >= 4 is 11.6 Å². The number of hydrogen-bond donors (Lipinski definition) is 3. The van der Waals surface area contributed by atoms with Crippen molar-refractivity contribution in [2.45, 2.75) is 13.0 Å². The van der Waals surface area contributed by atoms with E-state index in [1.54, 1.807) is 24.5 Å². The lowest BCUT2D eigenvalue weighted by molar-refractivity contribution is 0.0935. The second-order valence-electron chi connectivity index (χ2n) is 4.06. The van der Waals surface area contributed by atoms with Gasteiger partial charge < -0.3 is 10.7 Å². The van der Waals surface area contributed by atoms with Crippen LogP contribution in [0, 0.1) is 0 Å². The molecule has 0 saturated heterocycles. The van der Waals surface area contributed by atoms with Gasteiger partial charge in [-0.15, -0.1) is 0 Å². The first-order valence-electron chi connectivity index (χ1n) is 5.84. The summed E-state index contributed by atoms with van der Waals surface area (Å²) in [6.07, 6.45) is 4.94. The minimum atomic E-state index is -0.256. The van der Waals surface area contributed by atoms with Crippen LogP contribution in [0.15, 0.2) is 42.9 Å². The summed E-state index contributed by atoms with van der Waals surface area (Å²) in [5.74, 6) is 5.04. The fourth-order valence-corrected chi connectivity index (χ4v) is 1.63. The fraction of sp³-hybridized carbons (Fsp3) is 0.154. The molecule has 2 rings (SSSR count). The van der Waals surface area contributed by atoms with E-state index in [2.05, 4.69) is 20.7 Å². The Balaban J connectivity index is 2.08. The van der Waals surface area contributed by atoms with Gasteiger partial charge in [-0.25, -0.2) is 0 Å². The van der Waals surface area contributed by atoms with Crippen LogP contribution in [-0.2, 0) is 0 Å². The first-order chi connectivity index (χ1) is 9.20. The number of nitrogens with two attached hydrogens (primary N) is 1. The highest BCUT2D eigenvalue weighted by atomic mass is 16.1. The van der Waals surface area contributed by atoms with E-state index in [-0.39, 0.29) is 11.9 Å². The Morgan fingerprint density at radius 2 is 2.21 bits per heavy atom. The molecule has 2 heterocycles. The number of nitrogens with zero attached hydrogens (tertiary/aromatic N) is 2. The summed E-state index contributed by atoms with van der Waals surface area (Å²) < 4.78 is 0. The van der Waals surface area contributed by atoms with Crippen LogP contribution in [0.5, 0.6) is 0 Å². The van der Waals surface area contributed by atoms with E-state index in [4.69, 9.17) is 5.84 Å². The molecule has 0 aromatic carbocycles. The molecule has 0 aliphatic heterocycles. The van der Waals surface area contributed by atoms with Crippen molar-refractivity contribution in [2.75, 3.05) is 5.43 Å². The average Bonchev–Trinajstić information content (AvgIpc) is 2.48. The maximum atomic E-state index is 12.0. The molecule has 6 nitrogen and oxygen atoms in total. The van der Waals surface area contributed by atoms with E-state index >= 15 is 0 Å². The monoisotopic (exact) mass is 257 g/mol. The van der Waals surface area contributed by atoms with Gasteiger partial charge in [0.25, 0.3) is 5.91 Å². The Labute approximate surface area is 111 Å². The average molecular weight is 257 g/mol. The first kappa shape index (κ1) is 13.0. The summed E-state index contributed by atoms with van der Waals surface area (Å²) in [4.78, 5) is 20.1. The maximum Gasteiger partial charge on any atom is 0.270 e. The summed E-state index contributed by atoms with van der Waals surface area (Å²) in [5, 5.41) is 2.85. The molecule has 0 fully saturated rings. The van der Waals surface area contributed by atoms with Crippen molar-refractivity contribution in [3.8, 4) is 0 Å². The topological polar surface area (TPSA) is 92.9 Å². The molecule has 4 N–H and O–H groups in total. The van der Waals surface area contributed by atoms with E-state index in [9.17, 15) is 4.79 Å². The number of pyridine rings is 2. The summed E-state index contributed by atoms with van der Waals surface area (Å²) in [5.41, 5.74) is 4.36. The zero-order valence-electron chi connectivity index (χ0n) is 10.5. The highest BCUT2D eigenvalue weighted by molar-refractivity contribution is 5.93. The summed E-state index contributed by atoms with van der Waals surface area (Å²) >= 11 is 0. The van der Waals surface area contributed by atoms with Gasteiger partial charge in [0.05, 0.1) is 11.7 Å². The number of carbonyl (C=O) groups excluding carboxylic acids is 1. The standard InChI is InChI=1S/C13H15N5O/c1-9(10-3-2-5-15-8-10)17-13(19)12-7-11(18-14)4-6-16-12/h2-9H,14H2,1H3,(H,16,18)(H,17,19). The summed E-state index contributed by atoms with van der Waals surface area (Å²) in [6, 6.07) is 6.86. The van der Waals surface area contributed by atoms with Crippen molar-refractivity contribution in [3.05, 3.63) is 54.1 Å². The summed E-state index contributed by atoms with van der Waals surface area (Å²) in [7, 11) is 0. The minimum Gasteiger partial charge on any atom is -0.344 e. The number of amides is 1. The van der Waals surface area contributed by atoms with Gasteiger partial charge >= 0.3 is 0 Å². The van der Waals surface area contributed by atoms with E-state index in [1.807, 2.05) is 19.1 Å². The van der Waals surface area contributed by atoms with E-state index in [0.717, 1.165) is 5.56 Å². The molecule has 0 aliphatic rings. The zero-order valence-corrected chi connectivity index (χ0v) is 10.5. The lowest BCUT2D eigenvalue weighted by Crippen LogP contribution is -2.27. The Hall–Kier alpha value is -2.47. The number of nitrogen functional groups attached to an aromatic ring is 1. The third-order valence-corrected chi connectivity index (χ3v) is 2.69. The van der Waals surface area contributed by atoms with Crippen LogP contribution < -0.4 is 16.6 Å². The molecule has 98 valence electrons. The van der Waals surface area contributed by atoms with Gasteiger partial charge in [-0.1, -0.05) is 6.07 Å². The van der Waals surface area contributed by atoms with Gasteiger partial charge in [-0.2, -0.15) is 0 Å². The lowest BCUT2D eigenvalue weighted by Gasteiger charge is -2.13. The molecule has 0 saturated carbocycles. The predicted molar refractivity (Wildman–Crippen MR) is 72.2 cm³/mol. The molecular weight excluding hydrogens is 242 g/mol. The van der Waals surface area contributed by atoms with Crippen LogP contribution in [0.1, 0.15) is 29.0 Å². The molecular formula is C13H15N5O. The van der Waals surface area contributed by atoms with Gasteiger partial charge in [-0.05, 0) is 30.7 Å². The van der Waals surface area contributed by atoms with Crippen LogP contribution in [0.4, 0.5) is 5.69 Å².